The molecule has 5 heteroatoms. The van der Waals surface area contributed by atoms with Gasteiger partial charge in [-0.25, -0.2) is 0 Å². The molecule has 1 aliphatic heterocycles. The van der Waals surface area contributed by atoms with E-state index in [1.165, 1.54) is 0 Å². The first-order valence-corrected chi connectivity index (χ1v) is 8.50. The molecule has 0 radical (unpaired) electrons. The van der Waals surface area contributed by atoms with E-state index < -0.39 is 0 Å². The SMILES string of the molecule is CCNCC1CCN(C(=O)c2ccc(OCC)c(OC)c2)CC1. The lowest BCUT2D eigenvalue weighted by Crippen LogP contribution is -2.40. The smallest absolute Gasteiger partial charge is 0.253 e. The van der Waals surface area contributed by atoms with Gasteiger partial charge in [-0.2, -0.15) is 0 Å². The Bertz CT molecular complexity index is 511. The van der Waals surface area contributed by atoms with Gasteiger partial charge in [0.1, 0.15) is 0 Å². The van der Waals surface area contributed by atoms with Gasteiger partial charge in [-0.1, -0.05) is 6.92 Å². The van der Waals surface area contributed by atoms with Gasteiger partial charge < -0.3 is 19.7 Å². The molecule has 1 aliphatic rings. The molecular formula is C18H28N2O3. The number of nitrogens with one attached hydrogen (secondary N) is 1. The fourth-order valence-electron chi connectivity index (χ4n) is 2.95. The van der Waals surface area contributed by atoms with Crippen LogP contribution in [0.3, 0.4) is 0 Å². The summed E-state index contributed by atoms with van der Waals surface area (Å²) in [7, 11) is 1.60. The lowest BCUT2D eigenvalue weighted by molar-refractivity contribution is 0.0690. The zero-order valence-corrected chi connectivity index (χ0v) is 14.4. The number of carbonyl (C=O) groups is 1. The maximum Gasteiger partial charge on any atom is 0.253 e. The average Bonchev–Trinajstić information content (AvgIpc) is 2.60. The van der Waals surface area contributed by atoms with Crippen LogP contribution < -0.4 is 14.8 Å². The van der Waals surface area contributed by atoms with Gasteiger partial charge in [0.2, 0.25) is 0 Å². The quantitative estimate of drug-likeness (QED) is 0.839. The summed E-state index contributed by atoms with van der Waals surface area (Å²) in [4.78, 5) is 14.6. The molecule has 0 bridgehead atoms. The first-order valence-electron chi connectivity index (χ1n) is 8.50. The van der Waals surface area contributed by atoms with E-state index >= 15 is 0 Å². The summed E-state index contributed by atoms with van der Waals surface area (Å²) in [6.07, 6.45) is 2.12. The van der Waals surface area contributed by atoms with Gasteiger partial charge in [-0.15, -0.1) is 0 Å². The summed E-state index contributed by atoms with van der Waals surface area (Å²) in [5.74, 6) is 2.04. The third-order valence-corrected chi connectivity index (χ3v) is 4.30. The predicted molar refractivity (Wildman–Crippen MR) is 91.3 cm³/mol. The van der Waals surface area contributed by atoms with Gasteiger partial charge in [-0.3, -0.25) is 4.79 Å². The summed E-state index contributed by atoms with van der Waals surface area (Å²) >= 11 is 0. The summed E-state index contributed by atoms with van der Waals surface area (Å²) in [6.45, 7) is 8.33. The minimum Gasteiger partial charge on any atom is -0.493 e. The van der Waals surface area contributed by atoms with Crippen molar-refractivity contribution in [1.29, 1.82) is 0 Å². The highest BCUT2D eigenvalue weighted by atomic mass is 16.5. The first kappa shape index (κ1) is 17.6. The molecule has 0 atom stereocenters. The highest BCUT2D eigenvalue weighted by molar-refractivity contribution is 5.95. The van der Waals surface area contributed by atoms with Crippen molar-refractivity contribution in [2.24, 2.45) is 5.92 Å². The number of methoxy groups -OCH3 is 1. The number of likely N-dealkylation sites (tertiary alicyclic amines) is 1. The minimum absolute atomic E-state index is 0.0771. The Morgan fingerprint density at radius 2 is 2.00 bits per heavy atom. The Balaban J connectivity index is 1.98. The molecule has 128 valence electrons. The van der Waals surface area contributed by atoms with Crippen LogP contribution in [0.5, 0.6) is 11.5 Å². The second-order valence-electron chi connectivity index (χ2n) is 5.84. The molecule has 0 spiro atoms. The Hall–Kier alpha value is -1.75. The zero-order chi connectivity index (χ0) is 16.7. The molecule has 0 unspecified atom stereocenters. The lowest BCUT2D eigenvalue weighted by Gasteiger charge is -2.32. The average molecular weight is 320 g/mol. The molecule has 1 amide bonds. The molecule has 1 aromatic carbocycles. The molecule has 0 saturated carbocycles. The van der Waals surface area contributed by atoms with E-state index in [0.717, 1.165) is 39.0 Å². The lowest BCUT2D eigenvalue weighted by atomic mass is 9.96. The van der Waals surface area contributed by atoms with E-state index in [1.54, 1.807) is 13.2 Å². The van der Waals surface area contributed by atoms with Crippen molar-refractivity contribution in [1.82, 2.24) is 10.2 Å². The highest BCUT2D eigenvalue weighted by Gasteiger charge is 2.24. The van der Waals surface area contributed by atoms with Crippen LogP contribution in [0.15, 0.2) is 18.2 Å². The third-order valence-electron chi connectivity index (χ3n) is 4.30. The van der Waals surface area contributed by atoms with Crippen molar-refractivity contribution in [3.63, 3.8) is 0 Å². The normalized spacial score (nSPS) is 15.5. The largest absolute Gasteiger partial charge is 0.493 e. The summed E-state index contributed by atoms with van der Waals surface area (Å²) < 4.78 is 10.8. The van der Waals surface area contributed by atoms with E-state index in [1.807, 2.05) is 24.0 Å². The number of carbonyl (C=O) groups excluding carboxylic acids is 1. The van der Waals surface area contributed by atoms with Crippen LogP contribution in [0.4, 0.5) is 0 Å². The number of amides is 1. The van der Waals surface area contributed by atoms with Crippen LogP contribution in [0.25, 0.3) is 0 Å². The molecular weight excluding hydrogens is 292 g/mol. The molecule has 1 N–H and O–H groups in total. The van der Waals surface area contributed by atoms with Gasteiger partial charge >= 0.3 is 0 Å². The van der Waals surface area contributed by atoms with Crippen LogP contribution in [0.2, 0.25) is 0 Å². The maximum absolute atomic E-state index is 12.7. The van der Waals surface area contributed by atoms with Crippen molar-refractivity contribution in [2.45, 2.75) is 26.7 Å². The molecule has 1 fully saturated rings. The number of rotatable bonds is 7. The third kappa shape index (κ3) is 4.61. The van der Waals surface area contributed by atoms with E-state index in [2.05, 4.69) is 12.2 Å². The van der Waals surface area contributed by atoms with E-state index in [0.29, 0.717) is 29.6 Å². The second kappa shape index (κ2) is 8.77. The van der Waals surface area contributed by atoms with Crippen LogP contribution in [-0.4, -0.2) is 50.7 Å². The molecule has 0 aliphatic carbocycles. The predicted octanol–water partition coefficient (Wildman–Crippen LogP) is 2.56. The van der Waals surface area contributed by atoms with Crippen LogP contribution >= 0.6 is 0 Å². The molecule has 1 aromatic rings. The fraction of sp³-hybridized carbons (Fsp3) is 0.611. The first-order chi connectivity index (χ1) is 11.2. The Morgan fingerprint density at radius 1 is 1.26 bits per heavy atom. The topological polar surface area (TPSA) is 50.8 Å². The molecule has 5 nitrogen and oxygen atoms in total. The van der Waals surface area contributed by atoms with Crippen molar-refractivity contribution in [3.8, 4) is 11.5 Å². The number of hydrogen-bond donors (Lipinski definition) is 1. The standard InChI is InChI=1S/C18H28N2O3/c1-4-19-13-14-8-10-20(11-9-14)18(21)15-6-7-16(23-5-2)17(12-15)22-3/h6-7,12,14,19H,4-5,8-11,13H2,1-3H3. The molecule has 2 rings (SSSR count). The fourth-order valence-corrected chi connectivity index (χ4v) is 2.95. The van der Waals surface area contributed by atoms with Crippen molar-refractivity contribution in [3.05, 3.63) is 23.8 Å². The van der Waals surface area contributed by atoms with E-state index in [9.17, 15) is 4.79 Å². The van der Waals surface area contributed by atoms with Crippen LogP contribution in [0, 0.1) is 5.92 Å². The summed E-state index contributed by atoms with van der Waals surface area (Å²) in [5.41, 5.74) is 0.662. The van der Waals surface area contributed by atoms with Crippen LogP contribution in [0.1, 0.15) is 37.0 Å². The Morgan fingerprint density at radius 3 is 2.61 bits per heavy atom. The molecule has 1 heterocycles. The zero-order valence-electron chi connectivity index (χ0n) is 14.4. The van der Waals surface area contributed by atoms with E-state index in [4.69, 9.17) is 9.47 Å². The minimum atomic E-state index is 0.0771. The summed E-state index contributed by atoms with van der Waals surface area (Å²) in [5, 5.41) is 3.39. The Labute approximate surface area is 139 Å². The van der Waals surface area contributed by atoms with E-state index in [-0.39, 0.29) is 5.91 Å². The summed E-state index contributed by atoms with van der Waals surface area (Å²) in [6, 6.07) is 5.41. The number of nitrogens with zero attached hydrogens (tertiary/aromatic N) is 1. The van der Waals surface area contributed by atoms with Gasteiger partial charge in [0.05, 0.1) is 13.7 Å². The monoisotopic (exact) mass is 320 g/mol. The number of piperidine rings is 1. The highest BCUT2D eigenvalue weighted by Crippen LogP contribution is 2.29. The molecule has 23 heavy (non-hydrogen) atoms. The van der Waals surface area contributed by atoms with Gasteiger partial charge in [0.15, 0.2) is 11.5 Å². The maximum atomic E-state index is 12.7. The van der Waals surface area contributed by atoms with Gasteiger partial charge in [-0.05, 0) is 57.0 Å². The van der Waals surface area contributed by atoms with Crippen molar-refractivity contribution < 1.29 is 14.3 Å². The van der Waals surface area contributed by atoms with Gasteiger partial charge in [0, 0.05) is 18.7 Å². The molecule has 1 saturated heterocycles. The van der Waals surface area contributed by atoms with Crippen LogP contribution in [-0.2, 0) is 0 Å². The number of hydrogen-bond acceptors (Lipinski definition) is 4. The molecule has 0 aromatic heterocycles. The van der Waals surface area contributed by atoms with Gasteiger partial charge in [0.25, 0.3) is 5.91 Å². The Kier molecular flexibility index (Phi) is 6.71. The van der Waals surface area contributed by atoms with Crippen molar-refractivity contribution in [2.75, 3.05) is 39.9 Å². The number of ether oxygens (including phenoxy) is 2. The number of benzene rings is 1. The second-order valence-corrected chi connectivity index (χ2v) is 5.84. The van der Waals surface area contributed by atoms with Crippen molar-refractivity contribution >= 4 is 5.91 Å².